The first-order valence-corrected chi connectivity index (χ1v) is 7.34. The van der Waals surface area contributed by atoms with Crippen LogP contribution in [0.4, 0.5) is 0 Å². The predicted octanol–water partition coefficient (Wildman–Crippen LogP) is 2.07. The lowest BCUT2D eigenvalue weighted by molar-refractivity contribution is -0.163. The van der Waals surface area contributed by atoms with E-state index < -0.39 is 11.4 Å². The average molecular weight is 333 g/mol. The number of ether oxygens (including phenoxy) is 4. The molecule has 0 aliphatic heterocycles. The van der Waals surface area contributed by atoms with Gasteiger partial charge in [-0.3, -0.25) is 4.79 Å². The summed E-state index contributed by atoms with van der Waals surface area (Å²) in [6.07, 6.45) is 0.717. The molecule has 0 heterocycles. The summed E-state index contributed by atoms with van der Waals surface area (Å²) >= 11 is 0. The number of carbonyl (C=O) groups is 2. The SMILES string of the molecule is COC(=O)c1cc(OC2CC(C)(C(=O)OC)C2)c(C#N)cc1OC. The van der Waals surface area contributed by atoms with E-state index in [1.54, 1.807) is 6.92 Å². The number of nitrogens with zero attached hydrogens (tertiary/aromatic N) is 1. The number of carbonyl (C=O) groups excluding carboxylic acids is 2. The lowest BCUT2D eigenvalue weighted by Crippen LogP contribution is -2.47. The van der Waals surface area contributed by atoms with Gasteiger partial charge in [0.1, 0.15) is 29.2 Å². The van der Waals surface area contributed by atoms with Crippen LogP contribution in [-0.2, 0) is 14.3 Å². The van der Waals surface area contributed by atoms with Crippen LogP contribution < -0.4 is 9.47 Å². The van der Waals surface area contributed by atoms with Crippen molar-refractivity contribution in [2.24, 2.45) is 5.41 Å². The monoisotopic (exact) mass is 333 g/mol. The minimum absolute atomic E-state index is 0.170. The highest BCUT2D eigenvalue weighted by atomic mass is 16.5. The van der Waals surface area contributed by atoms with Gasteiger partial charge in [0.05, 0.1) is 32.3 Å². The topological polar surface area (TPSA) is 94.9 Å². The van der Waals surface area contributed by atoms with Crippen molar-refractivity contribution in [2.45, 2.75) is 25.9 Å². The Kier molecular flexibility index (Phi) is 4.98. The molecule has 1 aromatic carbocycles. The molecule has 0 radical (unpaired) electrons. The highest BCUT2D eigenvalue weighted by Gasteiger charge is 2.48. The van der Waals surface area contributed by atoms with Crippen LogP contribution in [0.2, 0.25) is 0 Å². The molecule has 1 fully saturated rings. The van der Waals surface area contributed by atoms with Crippen LogP contribution in [0, 0.1) is 16.7 Å². The van der Waals surface area contributed by atoms with Gasteiger partial charge in [-0.1, -0.05) is 0 Å². The lowest BCUT2D eigenvalue weighted by Gasteiger charge is -2.42. The molecule has 1 aliphatic carbocycles. The van der Waals surface area contributed by atoms with Crippen LogP contribution in [0.5, 0.6) is 11.5 Å². The van der Waals surface area contributed by atoms with Crippen molar-refractivity contribution < 1.29 is 28.5 Å². The quantitative estimate of drug-likeness (QED) is 0.761. The summed E-state index contributed by atoms with van der Waals surface area (Å²) < 4.78 is 20.4. The van der Waals surface area contributed by atoms with E-state index in [1.807, 2.05) is 6.07 Å². The second kappa shape index (κ2) is 6.79. The molecule has 0 aromatic heterocycles. The summed E-state index contributed by atoms with van der Waals surface area (Å²) in [5.74, 6) is -0.378. The summed E-state index contributed by atoms with van der Waals surface area (Å²) in [6.45, 7) is 1.80. The minimum atomic E-state index is -0.589. The van der Waals surface area contributed by atoms with Crippen LogP contribution in [0.15, 0.2) is 12.1 Å². The maximum Gasteiger partial charge on any atom is 0.341 e. The highest BCUT2D eigenvalue weighted by Crippen LogP contribution is 2.44. The van der Waals surface area contributed by atoms with Crippen molar-refractivity contribution in [1.29, 1.82) is 5.26 Å². The molecule has 7 heteroatoms. The van der Waals surface area contributed by atoms with Crippen LogP contribution in [0.25, 0.3) is 0 Å². The van der Waals surface area contributed by atoms with Gasteiger partial charge < -0.3 is 18.9 Å². The Morgan fingerprint density at radius 1 is 1.17 bits per heavy atom. The largest absolute Gasteiger partial charge is 0.496 e. The zero-order valence-electron chi connectivity index (χ0n) is 14.0. The maximum atomic E-state index is 11.8. The Morgan fingerprint density at radius 2 is 1.83 bits per heavy atom. The molecule has 128 valence electrons. The fourth-order valence-corrected chi connectivity index (χ4v) is 2.80. The van der Waals surface area contributed by atoms with Gasteiger partial charge in [-0.2, -0.15) is 5.26 Å². The summed E-state index contributed by atoms with van der Waals surface area (Å²) in [6, 6.07) is 4.87. The molecule has 24 heavy (non-hydrogen) atoms. The van der Waals surface area contributed by atoms with Crippen molar-refractivity contribution in [3.05, 3.63) is 23.3 Å². The van der Waals surface area contributed by atoms with Gasteiger partial charge in [0, 0.05) is 18.9 Å². The number of hydrogen-bond donors (Lipinski definition) is 0. The third-order valence-electron chi connectivity index (χ3n) is 4.16. The first-order chi connectivity index (χ1) is 11.4. The maximum absolute atomic E-state index is 11.8. The third kappa shape index (κ3) is 3.13. The molecule has 1 aliphatic rings. The molecule has 7 nitrogen and oxygen atoms in total. The van der Waals surface area contributed by atoms with Gasteiger partial charge in [0.15, 0.2) is 0 Å². The zero-order chi connectivity index (χ0) is 17.9. The molecule has 0 N–H and O–H groups in total. The normalized spacial score (nSPS) is 21.9. The second-order valence-corrected chi connectivity index (χ2v) is 5.85. The molecular weight excluding hydrogens is 314 g/mol. The number of hydrogen-bond acceptors (Lipinski definition) is 7. The van der Waals surface area contributed by atoms with Crippen LogP contribution in [0.3, 0.4) is 0 Å². The predicted molar refractivity (Wildman–Crippen MR) is 82.8 cm³/mol. The molecule has 0 saturated heterocycles. The number of rotatable bonds is 5. The minimum Gasteiger partial charge on any atom is -0.496 e. The van der Waals surface area contributed by atoms with E-state index in [9.17, 15) is 14.9 Å². The van der Waals surface area contributed by atoms with Crippen molar-refractivity contribution in [3.8, 4) is 17.6 Å². The van der Waals surface area contributed by atoms with Crippen LogP contribution >= 0.6 is 0 Å². The molecule has 0 spiro atoms. The van der Waals surface area contributed by atoms with Gasteiger partial charge in [-0.25, -0.2) is 4.79 Å². The second-order valence-electron chi connectivity index (χ2n) is 5.85. The van der Waals surface area contributed by atoms with Crippen molar-refractivity contribution in [3.63, 3.8) is 0 Å². The summed E-state index contributed by atoms with van der Waals surface area (Å²) in [7, 11) is 4.01. The average Bonchev–Trinajstić information content (AvgIpc) is 2.58. The number of esters is 2. The Bertz CT molecular complexity index is 700. The highest BCUT2D eigenvalue weighted by molar-refractivity contribution is 5.93. The number of nitriles is 1. The first-order valence-electron chi connectivity index (χ1n) is 7.34. The first kappa shape index (κ1) is 17.6. The van der Waals surface area contributed by atoms with Crippen LogP contribution in [-0.4, -0.2) is 39.4 Å². The van der Waals surface area contributed by atoms with Gasteiger partial charge >= 0.3 is 11.9 Å². The number of benzene rings is 1. The van der Waals surface area contributed by atoms with Crippen LogP contribution in [0.1, 0.15) is 35.7 Å². The van der Waals surface area contributed by atoms with Gasteiger partial charge in [-0.15, -0.1) is 0 Å². The molecule has 1 saturated carbocycles. The van der Waals surface area contributed by atoms with Gasteiger partial charge in [0.25, 0.3) is 0 Å². The zero-order valence-corrected chi connectivity index (χ0v) is 14.0. The molecule has 0 bridgehead atoms. The number of methoxy groups -OCH3 is 3. The van der Waals surface area contributed by atoms with E-state index in [2.05, 4.69) is 0 Å². The van der Waals surface area contributed by atoms with E-state index in [4.69, 9.17) is 18.9 Å². The standard InChI is InChI=1S/C17H19NO6/c1-17(16(20)23-4)7-11(8-17)24-13-6-12(15(19)22-3)14(21-2)5-10(13)9-18/h5-6,11H,7-8H2,1-4H3. The summed E-state index contributed by atoms with van der Waals surface area (Å²) in [5, 5.41) is 9.28. The van der Waals surface area contributed by atoms with E-state index in [0.717, 1.165) is 0 Å². The van der Waals surface area contributed by atoms with E-state index in [1.165, 1.54) is 33.5 Å². The Morgan fingerprint density at radius 3 is 2.33 bits per heavy atom. The molecule has 0 amide bonds. The van der Waals surface area contributed by atoms with Crippen molar-refractivity contribution >= 4 is 11.9 Å². The molecule has 2 rings (SSSR count). The third-order valence-corrected chi connectivity index (χ3v) is 4.16. The van der Waals surface area contributed by atoms with Crippen molar-refractivity contribution in [2.75, 3.05) is 21.3 Å². The smallest absolute Gasteiger partial charge is 0.341 e. The Balaban J connectivity index is 2.23. The summed E-state index contributed by atoms with van der Waals surface area (Å²) in [5.41, 5.74) is -0.167. The van der Waals surface area contributed by atoms with E-state index in [0.29, 0.717) is 12.8 Å². The van der Waals surface area contributed by atoms with E-state index >= 15 is 0 Å². The van der Waals surface area contributed by atoms with Crippen molar-refractivity contribution in [1.82, 2.24) is 0 Å². The van der Waals surface area contributed by atoms with E-state index in [-0.39, 0.29) is 34.7 Å². The summed E-state index contributed by atoms with van der Waals surface area (Å²) in [4.78, 5) is 23.5. The Labute approximate surface area is 140 Å². The lowest BCUT2D eigenvalue weighted by atomic mass is 9.68. The molecule has 1 aromatic rings. The Hall–Kier alpha value is -2.75. The molecular formula is C17H19NO6. The fourth-order valence-electron chi connectivity index (χ4n) is 2.80. The molecule has 0 unspecified atom stereocenters. The fraction of sp³-hybridized carbons (Fsp3) is 0.471. The van der Waals surface area contributed by atoms with Gasteiger partial charge in [-0.05, 0) is 13.0 Å². The van der Waals surface area contributed by atoms with Gasteiger partial charge in [0.2, 0.25) is 0 Å². The molecule has 0 atom stereocenters.